The number of nitrogens with one attached hydrogen (secondary N) is 1. The van der Waals surface area contributed by atoms with Crippen molar-refractivity contribution < 1.29 is 55.3 Å². The number of fused-ring (bicyclic) bond motifs is 1. The molecule has 5 N–H and O–H groups in total. The molecule has 1 fully saturated rings. The lowest BCUT2D eigenvalue weighted by molar-refractivity contribution is -0.192. The number of ether oxygens (including phenoxy) is 1. The Hall–Kier alpha value is -5.45. The second kappa shape index (κ2) is 15.2. The molecule has 0 saturated carbocycles. The second-order valence-electron chi connectivity index (χ2n) is 11.7. The standard InChI is InChI=1S/C32H33FN4O6S.C2HF3O2/c1-18(2)44(41,42)27-7-5-4-6-23(27)29-24(32(39)40)13-15-37(29)31(38)28(20-8-11-25(33)26(17-20)43-3)36-21-9-10-22-19(16-21)12-14-35-30(22)34;3-2(4,5)1(6)7/h4-12,14,16-18,24,28-29,36H,13,15H2,1-3H3,(H2,34,35)(H,39,40);(H,6,7)/t24-,28-,29-;/m1./s1. The van der Waals surface area contributed by atoms with Crippen molar-refractivity contribution in [2.45, 2.75) is 48.7 Å². The van der Waals surface area contributed by atoms with Crippen LogP contribution in [0.2, 0.25) is 0 Å². The molecule has 0 radical (unpaired) electrons. The molecule has 4 aromatic rings. The molecular formula is C34H34F4N4O8S. The third kappa shape index (κ3) is 8.30. The number of alkyl halides is 3. The van der Waals surface area contributed by atoms with E-state index >= 15 is 0 Å². The van der Waals surface area contributed by atoms with Gasteiger partial charge in [0.25, 0.3) is 0 Å². The highest BCUT2D eigenvalue weighted by Crippen LogP contribution is 2.43. The number of likely N-dealkylation sites (tertiary alicyclic amines) is 1. The van der Waals surface area contributed by atoms with E-state index in [1.807, 2.05) is 0 Å². The van der Waals surface area contributed by atoms with Crippen molar-refractivity contribution in [2.24, 2.45) is 5.92 Å². The number of carbonyl (C=O) groups is 3. The van der Waals surface area contributed by atoms with Crippen LogP contribution in [0.3, 0.4) is 0 Å². The molecule has 51 heavy (non-hydrogen) atoms. The normalized spacial score (nSPS) is 16.7. The van der Waals surface area contributed by atoms with Gasteiger partial charge in [-0.15, -0.1) is 0 Å². The molecular weight excluding hydrogens is 700 g/mol. The van der Waals surface area contributed by atoms with Crippen molar-refractivity contribution in [1.29, 1.82) is 0 Å². The Balaban J connectivity index is 0.000000755. The van der Waals surface area contributed by atoms with Crippen LogP contribution in [0.5, 0.6) is 5.75 Å². The molecule has 1 aliphatic heterocycles. The summed E-state index contributed by atoms with van der Waals surface area (Å²) in [6.07, 6.45) is -3.40. The Morgan fingerprint density at radius 2 is 1.71 bits per heavy atom. The quantitative estimate of drug-likeness (QED) is 0.157. The van der Waals surface area contributed by atoms with E-state index in [1.54, 1.807) is 62.5 Å². The topological polar surface area (TPSA) is 189 Å². The summed E-state index contributed by atoms with van der Waals surface area (Å²) in [5.41, 5.74) is 7.16. The zero-order chi connectivity index (χ0) is 37.8. The van der Waals surface area contributed by atoms with Crippen molar-refractivity contribution in [3.8, 4) is 5.75 Å². The van der Waals surface area contributed by atoms with Crippen molar-refractivity contribution in [2.75, 3.05) is 24.7 Å². The largest absolute Gasteiger partial charge is 0.494 e. The number of carboxylic acids is 2. The molecule has 0 aliphatic carbocycles. The Morgan fingerprint density at radius 1 is 1.04 bits per heavy atom. The van der Waals surface area contributed by atoms with Gasteiger partial charge in [-0.25, -0.2) is 22.6 Å². The van der Waals surface area contributed by atoms with E-state index in [0.29, 0.717) is 17.1 Å². The van der Waals surface area contributed by atoms with Gasteiger partial charge in [-0.2, -0.15) is 13.2 Å². The van der Waals surface area contributed by atoms with E-state index in [9.17, 15) is 40.7 Å². The Kier molecular flexibility index (Phi) is 11.4. The number of hydrogen-bond donors (Lipinski definition) is 4. The monoisotopic (exact) mass is 734 g/mol. The first-order valence-corrected chi connectivity index (χ1v) is 16.8. The van der Waals surface area contributed by atoms with Gasteiger partial charge in [-0.05, 0) is 79.2 Å². The lowest BCUT2D eigenvalue weighted by Gasteiger charge is -2.32. The molecule has 0 unspecified atom stereocenters. The maximum absolute atomic E-state index is 14.6. The van der Waals surface area contributed by atoms with E-state index < -0.39 is 62.9 Å². The summed E-state index contributed by atoms with van der Waals surface area (Å²) in [5.74, 6) is -5.81. The van der Waals surface area contributed by atoms with Gasteiger partial charge in [0.15, 0.2) is 21.4 Å². The predicted molar refractivity (Wildman–Crippen MR) is 178 cm³/mol. The third-order valence-electron chi connectivity index (χ3n) is 8.27. The molecule has 1 amide bonds. The summed E-state index contributed by atoms with van der Waals surface area (Å²) in [7, 11) is -2.51. The highest BCUT2D eigenvalue weighted by molar-refractivity contribution is 7.92. The van der Waals surface area contributed by atoms with Crippen molar-refractivity contribution in [3.05, 3.63) is 89.9 Å². The number of hydrogen-bond acceptors (Lipinski definition) is 9. The number of carbonyl (C=O) groups excluding carboxylic acids is 1. The number of rotatable bonds is 9. The molecule has 2 heterocycles. The van der Waals surface area contributed by atoms with Crippen LogP contribution < -0.4 is 15.8 Å². The van der Waals surface area contributed by atoms with Crippen LogP contribution in [-0.2, 0) is 24.2 Å². The Labute approximate surface area is 289 Å². The van der Waals surface area contributed by atoms with Crippen LogP contribution in [0, 0.1) is 11.7 Å². The summed E-state index contributed by atoms with van der Waals surface area (Å²) >= 11 is 0. The van der Waals surface area contributed by atoms with Gasteiger partial charge in [0.1, 0.15) is 11.9 Å². The summed E-state index contributed by atoms with van der Waals surface area (Å²) in [6.45, 7) is 3.16. The fourth-order valence-corrected chi connectivity index (χ4v) is 6.98. The van der Waals surface area contributed by atoms with E-state index in [2.05, 4.69) is 10.3 Å². The highest BCUT2D eigenvalue weighted by Gasteiger charge is 2.46. The lowest BCUT2D eigenvalue weighted by atomic mass is 9.93. The van der Waals surface area contributed by atoms with Gasteiger partial charge in [-0.3, -0.25) is 9.59 Å². The Bertz CT molecular complexity index is 2060. The predicted octanol–water partition coefficient (Wildman–Crippen LogP) is 5.61. The number of methoxy groups -OCH3 is 1. The maximum Gasteiger partial charge on any atom is 0.490 e. The number of amides is 1. The number of aromatic nitrogens is 1. The summed E-state index contributed by atoms with van der Waals surface area (Å²) in [5, 5.41) is 21.3. The van der Waals surface area contributed by atoms with E-state index in [4.69, 9.17) is 20.4 Å². The molecule has 0 bridgehead atoms. The smallest absolute Gasteiger partial charge is 0.490 e. The van der Waals surface area contributed by atoms with Crippen LogP contribution in [-0.4, -0.2) is 71.4 Å². The Morgan fingerprint density at radius 3 is 2.31 bits per heavy atom. The molecule has 17 heteroatoms. The number of anilines is 2. The highest BCUT2D eigenvalue weighted by atomic mass is 32.2. The van der Waals surface area contributed by atoms with Gasteiger partial charge < -0.3 is 30.9 Å². The van der Waals surface area contributed by atoms with Gasteiger partial charge in [0, 0.05) is 23.8 Å². The number of nitrogens with two attached hydrogens (primary N) is 1. The molecule has 3 aromatic carbocycles. The second-order valence-corrected chi connectivity index (χ2v) is 14.2. The minimum Gasteiger partial charge on any atom is -0.494 e. The molecule has 1 saturated heterocycles. The number of nitrogens with zero attached hydrogens (tertiary/aromatic N) is 2. The number of aliphatic carboxylic acids is 2. The zero-order valence-corrected chi connectivity index (χ0v) is 28.2. The average molecular weight is 735 g/mol. The van der Waals surface area contributed by atoms with E-state index in [-0.39, 0.29) is 29.2 Å². The number of nitrogen functional groups attached to an aromatic ring is 1. The molecule has 1 aromatic heterocycles. The minimum absolute atomic E-state index is 0.0142. The lowest BCUT2D eigenvalue weighted by Crippen LogP contribution is -2.40. The summed E-state index contributed by atoms with van der Waals surface area (Å²) < 4.78 is 78.1. The van der Waals surface area contributed by atoms with Crippen molar-refractivity contribution in [3.63, 3.8) is 0 Å². The fraction of sp³-hybridized carbons (Fsp3) is 0.294. The van der Waals surface area contributed by atoms with Gasteiger partial charge >= 0.3 is 18.1 Å². The van der Waals surface area contributed by atoms with E-state index in [1.165, 1.54) is 36.3 Å². The number of sulfone groups is 1. The zero-order valence-electron chi connectivity index (χ0n) is 27.4. The molecule has 12 nitrogen and oxygen atoms in total. The van der Waals surface area contributed by atoms with Gasteiger partial charge in [0.2, 0.25) is 5.91 Å². The van der Waals surface area contributed by atoms with Crippen LogP contribution in [0.25, 0.3) is 10.8 Å². The molecule has 0 spiro atoms. The molecule has 3 atom stereocenters. The van der Waals surface area contributed by atoms with Gasteiger partial charge in [0.05, 0.1) is 29.2 Å². The van der Waals surface area contributed by atoms with Crippen LogP contribution in [0.1, 0.15) is 43.5 Å². The maximum atomic E-state index is 14.6. The first-order valence-electron chi connectivity index (χ1n) is 15.3. The fourth-order valence-electron chi connectivity index (χ4n) is 5.69. The van der Waals surface area contributed by atoms with Crippen LogP contribution >= 0.6 is 0 Å². The number of carboxylic acid groups (broad SMARTS) is 2. The average Bonchev–Trinajstić information content (AvgIpc) is 3.53. The number of benzene rings is 3. The minimum atomic E-state index is -5.08. The first-order chi connectivity index (χ1) is 23.9. The van der Waals surface area contributed by atoms with Crippen molar-refractivity contribution in [1.82, 2.24) is 9.88 Å². The summed E-state index contributed by atoms with van der Waals surface area (Å²) in [4.78, 5) is 41.4. The first kappa shape index (κ1) is 38.4. The number of halogens is 4. The van der Waals surface area contributed by atoms with Crippen LogP contribution in [0.15, 0.2) is 77.8 Å². The van der Waals surface area contributed by atoms with Gasteiger partial charge in [-0.1, -0.05) is 24.3 Å². The molecule has 1 aliphatic rings. The third-order valence-corrected chi connectivity index (χ3v) is 10.5. The molecule has 5 rings (SSSR count). The summed E-state index contributed by atoms with van der Waals surface area (Å²) in [6, 6.07) is 15.1. The van der Waals surface area contributed by atoms with Crippen molar-refractivity contribution >= 4 is 50.0 Å². The van der Waals surface area contributed by atoms with Crippen LogP contribution in [0.4, 0.5) is 29.1 Å². The molecule has 272 valence electrons. The number of pyridine rings is 1. The SMILES string of the molecule is COc1cc([C@@H](Nc2ccc3c(N)nccc3c2)C(=O)N2CC[C@@H](C(=O)O)[C@H]2c2ccccc2S(=O)(=O)C(C)C)ccc1F.O=C(O)C(F)(F)F. The van der Waals surface area contributed by atoms with E-state index in [0.717, 1.165) is 10.8 Å².